The lowest BCUT2D eigenvalue weighted by atomic mass is 10.0. The van der Waals surface area contributed by atoms with Gasteiger partial charge in [0.1, 0.15) is 13.1 Å². The summed E-state index contributed by atoms with van der Waals surface area (Å²) in [6.45, 7) is 9.15. The summed E-state index contributed by atoms with van der Waals surface area (Å²) in [5, 5.41) is 11.7. The Bertz CT molecular complexity index is 240. The van der Waals surface area contributed by atoms with Crippen LogP contribution in [0.15, 0.2) is 0 Å². The minimum atomic E-state index is -0.472. The lowest BCUT2D eigenvalue weighted by Gasteiger charge is -2.49. The van der Waals surface area contributed by atoms with Crippen LogP contribution in [-0.2, 0) is 9.57 Å². The molecular formula is C16H33NO3. The van der Waals surface area contributed by atoms with E-state index in [-0.39, 0.29) is 6.10 Å². The zero-order valence-corrected chi connectivity index (χ0v) is 13.6. The van der Waals surface area contributed by atoms with Gasteiger partial charge in [0, 0.05) is 13.0 Å². The van der Waals surface area contributed by atoms with Crippen LogP contribution in [0.25, 0.3) is 0 Å². The Balaban J connectivity index is 1.75. The van der Waals surface area contributed by atoms with Crippen LogP contribution in [0.5, 0.6) is 0 Å². The van der Waals surface area contributed by atoms with Crippen molar-refractivity contribution in [2.45, 2.75) is 71.8 Å². The predicted octanol–water partition coefficient (Wildman–Crippen LogP) is 4.04. The topological polar surface area (TPSA) is 41.5 Å². The fraction of sp³-hybridized carbons (Fsp3) is 1.00. The Hall–Kier alpha value is -0.160. The minimum absolute atomic E-state index is 0.129. The molecule has 2 atom stereocenters. The first-order valence-corrected chi connectivity index (χ1v) is 8.36. The van der Waals surface area contributed by atoms with E-state index >= 15 is 0 Å². The number of rotatable bonds is 12. The highest BCUT2D eigenvalue weighted by atomic mass is 17.0. The first kappa shape index (κ1) is 17.9. The van der Waals surface area contributed by atoms with Crippen LogP contribution in [0.1, 0.15) is 65.7 Å². The molecule has 0 radical (unpaired) electrons. The van der Waals surface area contributed by atoms with E-state index in [4.69, 9.17) is 9.57 Å². The fourth-order valence-electron chi connectivity index (χ4n) is 2.65. The van der Waals surface area contributed by atoms with Gasteiger partial charge in [-0.3, -0.25) is 0 Å². The van der Waals surface area contributed by atoms with Crippen molar-refractivity contribution < 1.29 is 14.4 Å². The van der Waals surface area contributed by atoms with Crippen molar-refractivity contribution in [3.8, 4) is 0 Å². The summed E-state index contributed by atoms with van der Waals surface area (Å²) in [4.78, 5) is 4.68. The molecule has 2 unspecified atom stereocenters. The predicted molar refractivity (Wildman–Crippen MR) is 81.9 cm³/mol. The molecule has 0 amide bonds. The maximum Gasteiger partial charge on any atom is 0.166 e. The van der Waals surface area contributed by atoms with E-state index < -0.39 is 4.81 Å². The normalized spacial score (nSPS) is 25.9. The van der Waals surface area contributed by atoms with Crippen molar-refractivity contribution in [1.29, 1.82) is 0 Å². The van der Waals surface area contributed by atoms with Crippen molar-refractivity contribution in [3.63, 3.8) is 0 Å². The molecule has 1 heterocycles. The summed E-state index contributed by atoms with van der Waals surface area (Å²) in [7, 11) is 0. The van der Waals surface area contributed by atoms with E-state index in [0.717, 1.165) is 25.4 Å². The number of nitrogens with zero attached hydrogens (tertiary/aromatic N) is 1. The number of quaternary nitrogens is 1. The Morgan fingerprint density at radius 3 is 2.35 bits per heavy atom. The van der Waals surface area contributed by atoms with Crippen molar-refractivity contribution in [2.24, 2.45) is 5.92 Å². The monoisotopic (exact) mass is 287 g/mol. The SMILES string of the molecule is CC(C)CCCCCCCOCCC[N+]1([O-])CC(C)O1. The summed E-state index contributed by atoms with van der Waals surface area (Å²) < 4.78 is 5.56. The zero-order chi connectivity index (χ0) is 14.8. The molecule has 0 aromatic rings. The van der Waals surface area contributed by atoms with Gasteiger partial charge in [-0.15, -0.1) is 0 Å². The lowest BCUT2D eigenvalue weighted by molar-refractivity contribution is -1.13. The van der Waals surface area contributed by atoms with Crippen LogP contribution in [0.2, 0.25) is 0 Å². The molecule has 20 heavy (non-hydrogen) atoms. The second-order valence-electron chi connectivity index (χ2n) is 6.55. The third kappa shape index (κ3) is 8.20. The molecule has 1 rings (SSSR count). The number of unbranched alkanes of at least 4 members (excludes halogenated alkanes) is 4. The fourth-order valence-corrected chi connectivity index (χ4v) is 2.65. The molecule has 1 aliphatic rings. The molecular weight excluding hydrogens is 254 g/mol. The van der Waals surface area contributed by atoms with Crippen molar-refractivity contribution >= 4 is 0 Å². The Labute approximate surface area is 124 Å². The number of hydroxylamine groups is 4. The third-order valence-electron chi connectivity index (χ3n) is 3.76. The van der Waals surface area contributed by atoms with Crippen molar-refractivity contribution in [1.82, 2.24) is 0 Å². The first-order chi connectivity index (χ1) is 9.52. The number of ether oxygens (including phenoxy) is 1. The first-order valence-electron chi connectivity index (χ1n) is 8.36. The summed E-state index contributed by atoms with van der Waals surface area (Å²) in [5.41, 5.74) is 0. The molecule has 1 aliphatic heterocycles. The van der Waals surface area contributed by atoms with Gasteiger partial charge in [0.2, 0.25) is 0 Å². The van der Waals surface area contributed by atoms with Gasteiger partial charge in [0.05, 0.1) is 6.61 Å². The molecule has 0 aromatic heterocycles. The second-order valence-corrected chi connectivity index (χ2v) is 6.55. The summed E-state index contributed by atoms with van der Waals surface area (Å²) in [5.74, 6) is 0.837. The van der Waals surface area contributed by atoms with Gasteiger partial charge in [-0.2, -0.15) is 4.84 Å². The lowest BCUT2D eigenvalue weighted by Crippen LogP contribution is -2.59. The van der Waals surface area contributed by atoms with Crippen LogP contribution < -0.4 is 0 Å². The average molecular weight is 287 g/mol. The quantitative estimate of drug-likeness (QED) is 0.309. The molecule has 4 nitrogen and oxygen atoms in total. The Morgan fingerprint density at radius 2 is 1.70 bits per heavy atom. The zero-order valence-electron chi connectivity index (χ0n) is 13.6. The molecule has 0 saturated carbocycles. The molecule has 0 bridgehead atoms. The van der Waals surface area contributed by atoms with E-state index in [1.165, 1.54) is 32.1 Å². The van der Waals surface area contributed by atoms with Gasteiger partial charge < -0.3 is 9.94 Å². The molecule has 0 aromatic carbocycles. The van der Waals surface area contributed by atoms with Gasteiger partial charge in [0.25, 0.3) is 0 Å². The maximum atomic E-state index is 11.7. The number of hydrogen-bond acceptors (Lipinski definition) is 3. The van der Waals surface area contributed by atoms with E-state index in [1.807, 2.05) is 6.92 Å². The van der Waals surface area contributed by atoms with Crippen LogP contribution >= 0.6 is 0 Å². The smallest absolute Gasteiger partial charge is 0.166 e. The Morgan fingerprint density at radius 1 is 1.10 bits per heavy atom. The Kier molecular flexibility index (Phi) is 8.69. The molecule has 4 heteroatoms. The van der Waals surface area contributed by atoms with Crippen molar-refractivity contribution in [3.05, 3.63) is 5.21 Å². The molecule has 0 aliphatic carbocycles. The van der Waals surface area contributed by atoms with Crippen molar-refractivity contribution in [2.75, 3.05) is 26.3 Å². The summed E-state index contributed by atoms with van der Waals surface area (Å²) in [6.07, 6.45) is 8.72. The van der Waals surface area contributed by atoms with E-state index in [2.05, 4.69) is 13.8 Å². The van der Waals surface area contributed by atoms with Gasteiger partial charge in [-0.05, 0) is 19.3 Å². The molecule has 0 spiro atoms. The maximum absolute atomic E-state index is 11.7. The standard InChI is InChI=1S/C16H33NO3/c1-15(2)10-7-5-4-6-8-12-19-13-9-11-17(18)14-16(3)20-17/h15-16H,4-14H2,1-3H3. The van der Waals surface area contributed by atoms with Crippen LogP contribution in [0.3, 0.4) is 0 Å². The molecule has 1 fully saturated rings. The average Bonchev–Trinajstić information content (AvgIpc) is 2.34. The second kappa shape index (κ2) is 9.72. The molecule has 1 saturated heterocycles. The minimum Gasteiger partial charge on any atom is -0.598 e. The van der Waals surface area contributed by atoms with E-state index in [9.17, 15) is 5.21 Å². The van der Waals surface area contributed by atoms with E-state index in [0.29, 0.717) is 19.7 Å². The number of hydrogen-bond donors (Lipinski definition) is 0. The van der Waals surface area contributed by atoms with Gasteiger partial charge in [0.15, 0.2) is 6.10 Å². The third-order valence-corrected chi connectivity index (χ3v) is 3.76. The van der Waals surface area contributed by atoms with Gasteiger partial charge in [-0.25, -0.2) is 4.81 Å². The van der Waals surface area contributed by atoms with Gasteiger partial charge >= 0.3 is 0 Å². The summed E-state index contributed by atoms with van der Waals surface area (Å²) >= 11 is 0. The highest BCUT2D eigenvalue weighted by Crippen LogP contribution is 2.22. The highest BCUT2D eigenvalue weighted by molar-refractivity contribution is 4.54. The van der Waals surface area contributed by atoms with Crippen LogP contribution in [-0.4, -0.2) is 37.2 Å². The highest BCUT2D eigenvalue weighted by Gasteiger charge is 2.36. The molecule has 120 valence electrons. The molecule has 0 N–H and O–H groups in total. The van der Waals surface area contributed by atoms with E-state index in [1.54, 1.807) is 0 Å². The van der Waals surface area contributed by atoms with Gasteiger partial charge in [-0.1, -0.05) is 46.0 Å². The van der Waals surface area contributed by atoms with Crippen LogP contribution in [0.4, 0.5) is 0 Å². The largest absolute Gasteiger partial charge is 0.598 e. The summed E-state index contributed by atoms with van der Waals surface area (Å²) in [6, 6.07) is 0. The van der Waals surface area contributed by atoms with Crippen LogP contribution in [0, 0.1) is 11.1 Å².